The topological polar surface area (TPSA) is 83.2 Å². The van der Waals surface area contributed by atoms with E-state index in [-0.39, 0.29) is 5.91 Å². The molecule has 1 amide bonds. The van der Waals surface area contributed by atoms with Gasteiger partial charge < -0.3 is 14.8 Å². The summed E-state index contributed by atoms with van der Waals surface area (Å²) in [6.07, 6.45) is 3.46. The Morgan fingerprint density at radius 2 is 1.71 bits per heavy atom. The van der Waals surface area contributed by atoms with Gasteiger partial charge in [0, 0.05) is 17.5 Å². The summed E-state index contributed by atoms with van der Waals surface area (Å²) < 4.78 is 15.1. The van der Waals surface area contributed by atoms with E-state index in [2.05, 4.69) is 15.5 Å². The fourth-order valence-electron chi connectivity index (χ4n) is 3.92. The smallest absolute Gasteiger partial charge is 0.255 e. The molecule has 4 rings (SSSR count). The summed E-state index contributed by atoms with van der Waals surface area (Å²) in [6, 6.07) is 15.5. The predicted molar refractivity (Wildman–Crippen MR) is 135 cm³/mol. The molecule has 0 saturated heterocycles. The molecule has 4 aromatic rings. The first-order valence-corrected chi connectivity index (χ1v) is 11.8. The molecule has 0 bridgehead atoms. The van der Waals surface area contributed by atoms with Crippen molar-refractivity contribution in [3.8, 4) is 11.5 Å². The first-order chi connectivity index (χ1) is 16.9. The molecule has 182 valence electrons. The Hall–Kier alpha value is -4.07. The third kappa shape index (κ3) is 6.09. The Morgan fingerprint density at radius 1 is 0.943 bits per heavy atom. The van der Waals surface area contributed by atoms with E-state index in [9.17, 15) is 4.79 Å². The van der Waals surface area contributed by atoms with Gasteiger partial charge in [-0.05, 0) is 69.2 Å². The second kappa shape index (κ2) is 10.9. The summed E-state index contributed by atoms with van der Waals surface area (Å²) in [5.41, 5.74) is 5.33. The van der Waals surface area contributed by atoms with Crippen LogP contribution in [0.4, 0.5) is 5.69 Å². The van der Waals surface area contributed by atoms with Crippen LogP contribution in [0.15, 0.2) is 60.9 Å². The zero-order chi connectivity index (χ0) is 24.8. The molecule has 0 spiro atoms. The van der Waals surface area contributed by atoms with Crippen molar-refractivity contribution in [1.82, 2.24) is 19.6 Å². The number of carbonyl (C=O) groups is 1. The number of amides is 1. The molecule has 0 atom stereocenters. The lowest BCUT2D eigenvalue weighted by Gasteiger charge is -2.12. The second-order valence-electron chi connectivity index (χ2n) is 8.31. The zero-order valence-corrected chi connectivity index (χ0v) is 20.6. The van der Waals surface area contributed by atoms with E-state index in [1.165, 1.54) is 0 Å². The van der Waals surface area contributed by atoms with Crippen LogP contribution < -0.4 is 14.8 Å². The van der Waals surface area contributed by atoms with Gasteiger partial charge in [-0.25, -0.2) is 0 Å². The third-order valence-corrected chi connectivity index (χ3v) is 5.47. The second-order valence-corrected chi connectivity index (χ2v) is 8.31. The van der Waals surface area contributed by atoms with Crippen LogP contribution >= 0.6 is 0 Å². The summed E-state index contributed by atoms with van der Waals surface area (Å²) in [6.45, 7) is 10.2. The molecule has 0 fully saturated rings. The molecule has 2 aromatic carbocycles. The van der Waals surface area contributed by atoms with E-state index >= 15 is 0 Å². The summed E-state index contributed by atoms with van der Waals surface area (Å²) in [7, 11) is 0. The molecule has 8 heteroatoms. The highest BCUT2D eigenvalue weighted by Gasteiger charge is 2.11. The molecule has 0 unspecified atom stereocenters. The Balaban J connectivity index is 1.41. The highest BCUT2D eigenvalue weighted by atomic mass is 16.5. The maximum Gasteiger partial charge on any atom is 0.255 e. The van der Waals surface area contributed by atoms with E-state index in [1.54, 1.807) is 16.9 Å². The molecule has 0 aliphatic carbocycles. The fourth-order valence-corrected chi connectivity index (χ4v) is 3.92. The van der Waals surface area contributed by atoms with E-state index in [4.69, 9.17) is 9.47 Å². The highest BCUT2D eigenvalue weighted by Crippen LogP contribution is 2.29. The predicted octanol–water partition coefficient (Wildman–Crippen LogP) is 4.84. The normalized spacial score (nSPS) is 10.9. The lowest BCUT2D eigenvalue weighted by atomic mass is 10.1. The van der Waals surface area contributed by atoms with Crippen molar-refractivity contribution >= 4 is 11.6 Å². The van der Waals surface area contributed by atoms with Crippen LogP contribution in [0.3, 0.4) is 0 Å². The Bertz CT molecular complexity index is 1310. The number of hydrogen-bond acceptors (Lipinski definition) is 5. The Kier molecular flexibility index (Phi) is 7.50. The number of nitrogens with one attached hydrogen (secondary N) is 1. The Morgan fingerprint density at radius 3 is 2.46 bits per heavy atom. The van der Waals surface area contributed by atoms with Crippen LogP contribution in [0, 0.1) is 13.8 Å². The van der Waals surface area contributed by atoms with Crippen LogP contribution in [0.5, 0.6) is 11.5 Å². The van der Waals surface area contributed by atoms with Gasteiger partial charge in [0.05, 0.1) is 43.9 Å². The van der Waals surface area contributed by atoms with Crippen LogP contribution in [0.1, 0.15) is 46.7 Å². The zero-order valence-electron chi connectivity index (χ0n) is 20.6. The monoisotopic (exact) mass is 473 g/mol. The van der Waals surface area contributed by atoms with Gasteiger partial charge in [0.15, 0.2) is 11.5 Å². The molecule has 8 nitrogen and oxygen atoms in total. The van der Waals surface area contributed by atoms with Crippen LogP contribution in [-0.4, -0.2) is 38.7 Å². The van der Waals surface area contributed by atoms with E-state index in [0.29, 0.717) is 43.3 Å². The van der Waals surface area contributed by atoms with Gasteiger partial charge in [-0.1, -0.05) is 18.2 Å². The molecule has 0 aliphatic heterocycles. The number of hydrogen-bond donors (Lipinski definition) is 1. The van der Waals surface area contributed by atoms with Crippen molar-refractivity contribution in [3.63, 3.8) is 0 Å². The minimum absolute atomic E-state index is 0.181. The van der Waals surface area contributed by atoms with Crippen molar-refractivity contribution in [1.29, 1.82) is 0 Å². The average molecular weight is 474 g/mol. The van der Waals surface area contributed by atoms with Gasteiger partial charge in [0.1, 0.15) is 0 Å². The largest absolute Gasteiger partial charge is 0.490 e. The van der Waals surface area contributed by atoms with Gasteiger partial charge in [-0.2, -0.15) is 10.2 Å². The van der Waals surface area contributed by atoms with Gasteiger partial charge >= 0.3 is 0 Å². The van der Waals surface area contributed by atoms with Gasteiger partial charge in [-0.3, -0.25) is 14.2 Å². The quantitative estimate of drug-likeness (QED) is 0.356. The standard InChI is InChI=1S/C27H31N5O3/c1-5-34-25-11-10-22(14-26(25)35-6-2)16-31-18-24(15-28-31)29-27(33)23-9-7-8-21(13-23)17-32-20(4)12-19(3)30-32/h7-15,18H,5-6,16-17H2,1-4H3,(H,29,33). The fraction of sp³-hybridized carbons (Fsp3) is 0.296. The first-order valence-electron chi connectivity index (χ1n) is 11.8. The van der Waals surface area contributed by atoms with Crippen molar-refractivity contribution in [2.24, 2.45) is 0 Å². The first kappa shape index (κ1) is 24.1. The number of benzene rings is 2. The maximum atomic E-state index is 12.9. The molecular formula is C27H31N5O3. The SMILES string of the molecule is CCOc1ccc(Cn2cc(NC(=O)c3cccc(Cn4nc(C)cc4C)c3)cn2)cc1OCC. The minimum Gasteiger partial charge on any atom is -0.490 e. The third-order valence-electron chi connectivity index (χ3n) is 5.47. The number of carbonyl (C=O) groups excluding carboxylic acids is 1. The molecule has 2 aromatic heterocycles. The number of anilines is 1. The van der Waals surface area contributed by atoms with Gasteiger partial charge in [0.25, 0.3) is 5.91 Å². The van der Waals surface area contributed by atoms with E-state index in [1.807, 2.05) is 81.0 Å². The summed E-state index contributed by atoms with van der Waals surface area (Å²) in [5.74, 6) is 1.26. The minimum atomic E-state index is -0.181. The summed E-state index contributed by atoms with van der Waals surface area (Å²) in [5, 5.41) is 11.8. The number of aryl methyl sites for hydroxylation is 2. The lowest BCUT2D eigenvalue weighted by Crippen LogP contribution is -2.12. The summed E-state index contributed by atoms with van der Waals surface area (Å²) >= 11 is 0. The summed E-state index contributed by atoms with van der Waals surface area (Å²) in [4.78, 5) is 12.9. The lowest BCUT2D eigenvalue weighted by molar-refractivity contribution is 0.102. The number of ether oxygens (including phenoxy) is 2. The van der Waals surface area contributed by atoms with Crippen LogP contribution in [0.25, 0.3) is 0 Å². The average Bonchev–Trinajstić information content (AvgIpc) is 3.40. The molecule has 2 heterocycles. The molecule has 0 aliphatic rings. The van der Waals surface area contributed by atoms with E-state index < -0.39 is 0 Å². The van der Waals surface area contributed by atoms with Crippen LogP contribution in [0.2, 0.25) is 0 Å². The van der Waals surface area contributed by atoms with Crippen molar-refractivity contribution < 1.29 is 14.3 Å². The number of nitrogens with zero attached hydrogens (tertiary/aromatic N) is 4. The molecular weight excluding hydrogens is 442 g/mol. The van der Waals surface area contributed by atoms with E-state index in [0.717, 1.165) is 28.3 Å². The highest BCUT2D eigenvalue weighted by molar-refractivity contribution is 6.04. The van der Waals surface area contributed by atoms with Crippen LogP contribution in [-0.2, 0) is 13.1 Å². The Labute approximate surface area is 205 Å². The van der Waals surface area contributed by atoms with Crippen molar-refractivity contribution in [3.05, 3.63) is 89.0 Å². The van der Waals surface area contributed by atoms with Gasteiger partial charge in [0.2, 0.25) is 0 Å². The molecule has 0 radical (unpaired) electrons. The number of aromatic nitrogens is 4. The molecule has 1 N–H and O–H groups in total. The number of rotatable bonds is 10. The van der Waals surface area contributed by atoms with Crippen molar-refractivity contribution in [2.75, 3.05) is 18.5 Å². The molecule has 35 heavy (non-hydrogen) atoms. The maximum absolute atomic E-state index is 12.9. The molecule has 0 saturated carbocycles. The van der Waals surface area contributed by atoms with Crippen molar-refractivity contribution in [2.45, 2.75) is 40.8 Å². The van der Waals surface area contributed by atoms with Gasteiger partial charge in [-0.15, -0.1) is 0 Å².